The molecule has 1 saturated heterocycles. The summed E-state index contributed by atoms with van der Waals surface area (Å²) < 4.78 is 0. The van der Waals surface area contributed by atoms with Gasteiger partial charge in [-0.1, -0.05) is 30.3 Å². The highest BCUT2D eigenvalue weighted by Gasteiger charge is 2.22. The summed E-state index contributed by atoms with van der Waals surface area (Å²) in [6.45, 7) is 1.71. The summed E-state index contributed by atoms with van der Waals surface area (Å²) in [4.78, 5) is 13.8. The minimum Gasteiger partial charge on any atom is -0.785 e. The van der Waals surface area contributed by atoms with E-state index < -0.39 is 6.04 Å². The molecule has 5 heteroatoms. The molecular weight excluding hydrogens is 230 g/mol. The van der Waals surface area contributed by atoms with Gasteiger partial charge in [-0.2, -0.15) is 0 Å². The Morgan fingerprint density at radius 3 is 2.44 bits per heavy atom. The smallest absolute Gasteiger partial charge is 0.239 e. The van der Waals surface area contributed by atoms with Gasteiger partial charge in [-0.25, -0.2) is 0 Å². The van der Waals surface area contributed by atoms with Gasteiger partial charge in [0.15, 0.2) is 0 Å². The van der Waals surface area contributed by atoms with Crippen molar-refractivity contribution in [1.29, 1.82) is 0 Å². The van der Waals surface area contributed by atoms with Crippen LogP contribution in [0.1, 0.15) is 5.56 Å². The van der Waals surface area contributed by atoms with E-state index in [1.807, 2.05) is 30.3 Å². The van der Waals surface area contributed by atoms with Gasteiger partial charge in [0.1, 0.15) is 0 Å². The minimum atomic E-state index is -0.523. The third-order valence-electron chi connectivity index (χ3n) is 3.17. The van der Waals surface area contributed by atoms with Crippen LogP contribution in [0.2, 0.25) is 0 Å². The van der Waals surface area contributed by atoms with Gasteiger partial charge < -0.3 is 20.9 Å². The third-order valence-corrected chi connectivity index (χ3v) is 3.17. The van der Waals surface area contributed by atoms with Gasteiger partial charge in [-0.05, 0) is 12.0 Å². The summed E-state index contributed by atoms with van der Waals surface area (Å²) in [5.74, 6) is -0.0630. The number of rotatable bonds is 3. The molecule has 2 N–H and O–H groups in total. The molecule has 0 bridgehead atoms. The van der Waals surface area contributed by atoms with Gasteiger partial charge in [0, 0.05) is 26.2 Å². The Hall–Kier alpha value is -1.43. The van der Waals surface area contributed by atoms with E-state index in [4.69, 9.17) is 5.73 Å². The van der Waals surface area contributed by atoms with Crippen molar-refractivity contribution < 1.29 is 4.79 Å². The van der Waals surface area contributed by atoms with Gasteiger partial charge in [0.2, 0.25) is 5.91 Å². The molecule has 1 aromatic rings. The maximum atomic E-state index is 12.1. The van der Waals surface area contributed by atoms with Crippen molar-refractivity contribution in [2.45, 2.75) is 12.5 Å². The van der Waals surface area contributed by atoms with Gasteiger partial charge in [-0.15, -0.1) is 0 Å². The molecule has 1 amide bonds. The van der Waals surface area contributed by atoms with Gasteiger partial charge in [-0.3, -0.25) is 4.79 Å². The predicted octanol–water partition coefficient (Wildman–Crippen LogP) is 0.198. The Kier molecular flexibility index (Phi) is 4.30. The highest BCUT2D eigenvalue weighted by Crippen LogP contribution is 2.06. The molecule has 1 aliphatic heterocycles. The van der Waals surface area contributed by atoms with E-state index in [9.17, 15) is 10.0 Å². The number of carbonyl (C=O) groups is 1. The first-order chi connectivity index (χ1) is 8.66. The average molecular weight is 248 g/mol. The summed E-state index contributed by atoms with van der Waals surface area (Å²) in [7, 11) is 0. The number of hydrogen-bond acceptors (Lipinski definition) is 4. The number of benzene rings is 1. The van der Waals surface area contributed by atoms with Crippen molar-refractivity contribution in [2.75, 3.05) is 26.2 Å². The van der Waals surface area contributed by atoms with Crippen LogP contribution in [0.15, 0.2) is 30.3 Å². The molecule has 0 aliphatic carbocycles. The van der Waals surface area contributed by atoms with E-state index in [0.29, 0.717) is 32.6 Å². The number of hydroxylamine groups is 2. The molecule has 1 aliphatic rings. The highest BCUT2D eigenvalue weighted by molar-refractivity contribution is 5.82. The lowest BCUT2D eigenvalue weighted by molar-refractivity contribution is -0.134. The molecule has 0 unspecified atom stereocenters. The zero-order valence-corrected chi connectivity index (χ0v) is 10.3. The van der Waals surface area contributed by atoms with Crippen molar-refractivity contribution in [1.82, 2.24) is 9.96 Å². The first-order valence-electron chi connectivity index (χ1n) is 6.17. The summed E-state index contributed by atoms with van der Waals surface area (Å²) >= 11 is 0. The molecule has 1 fully saturated rings. The first-order valence-corrected chi connectivity index (χ1v) is 6.17. The summed E-state index contributed by atoms with van der Waals surface area (Å²) in [5, 5.41) is 12.0. The molecule has 0 radical (unpaired) electrons. The van der Waals surface area contributed by atoms with Crippen LogP contribution < -0.4 is 5.73 Å². The van der Waals surface area contributed by atoms with Crippen molar-refractivity contribution in [2.24, 2.45) is 5.73 Å². The monoisotopic (exact) mass is 248 g/mol. The van der Waals surface area contributed by atoms with Crippen molar-refractivity contribution in [3.05, 3.63) is 41.1 Å². The van der Waals surface area contributed by atoms with Crippen LogP contribution in [0.3, 0.4) is 0 Å². The van der Waals surface area contributed by atoms with Gasteiger partial charge in [0.05, 0.1) is 6.04 Å². The third kappa shape index (κ3) is 3.29. The maximum absolute atomic E-state index is 12.1. The predicted molar refractivity (Wildman–Crippen MR) is 69.6 cm³/mol. The fraction of sp³-hybridized carbons (Fsp3) is 0.462. The molecule has 98 valence electrons. The number of amides is 1. The molecule has 2 rings (SSSR count). The first kappa shape index (κ1) is 13.0. The Balaban J connectivity index is 1.89. The van der Waals surface area contributed by atoms with Gasteiger partial charge >= 0.3 is 0 Å². The van der Waals surface area contributed by atoms with Crippen LogP contribution in [0.5, 0.6) is 0 Å². The minimum absolute atomic E-state index is 0.0630. The quantitative estimate of drug-likeness (QED) is 0.829. The number of piperazine rings is 1. The largest absolute Gasteiger partial charge is 0.785 e. The number of nitrogens with two attached hydrogens (primary N) is 1. The lowest BCUT2D eigenvalue weighted by Gasteiger charge is -2.39. The lowest BCUT2D eigenvalue weighted by atomic mass is 10.1. The van der Waals surface area contributed by atoms with Crippen molar-refractivity contribution in [3.63, 3.8) is 0 Å². The second-order valence-corrected chi connectivity index (χ2v) is 4.55. The molecular formula is C13H18N3O2-. The van der Waals surface area contributed by atoms with E-state index in [2.05, 4.69) is 0 Å². The van der Waals surface area contributed by atoms with E-state index in [0.717, 1.165) is 10.6 Å². The van der Waals surface area contributed by atoms with E-state index in [1.54, 1.807) is 4.90 Å². The average Bonchev–Trinajstić information content (AvgIpc) is 2.40. The zero-order chi connectivity index (χ0) is 13.0. The summed E-state index contributed by atoms with van der Waals surface area (Å²) in [5.41, 5.74) is 6.99. The zero-order valence-electron chi connectivity index (χ0n) is 10.3. The Labute approximate surface area is 107 Å². The Morgan fingerprint density at radius 1 is 1.22 bits per heavy atom. The summed E-state index contributed by atoms with van der Waals surface area (Å²) in [6, 6.07) is 9.20. The topological polar surface area (TPSA) is 72.6 Å². The highest BCUT2D eigenvalue weighted by atomic mass is 16.5. The van der Waals surface area contributed by atoms with Crippen LogP contribution in [0, 0.1) is 5.21 Å². The normalized spacial score (nSPS) is 18.7. The molecule has 0 spiro atoms. The molecule has 18 heavy (non-hydrogen) atoms. The SMILES string of the molecule is N[C@@H](Cc1ccccc1)C(=O)N1CCN([O-])CC1. The van der Waals surface area contributed by atoms with E-state index in [-0.39, 0.29) is 5.91 Å². The fourth-order valence-corrected chi connectivity index (χ4v) is 2.10. The Morgan fingerprint density at radius 2 is 1.83 bits per heavy atom. The summed E-state index contributed by atoms with van der Waals surface area (Å²) in [6.07, 6.45) is 0.539. The molecule has 0 saturated carbocycles. The van der Waals surface area contributed by atoms with Crippen LogP contribution in [-0.4, -0.2) is 48.1 Å². The number of nitrogens with zero attached hydrogens (tertiary/aromatic N) is 2. The van der Waals surface area contributed by atoms with E-state index in [1.165, 1.54) is 0 Å². The van der Waals surface area contributed by atoms with Crippen molar-refractivity contribution in [3.8, 4) is 0 Å². The van der Waals surface area contributed by atoms with E-state index >= 15 is 0 Å². The molecule has 0 aromatic heterocycles. The number of carbonyl (C=O) groups excluding carboxylic acids is 1. The molecule has 5 nitrogen and oxygen atoms in total. The van der Waals surface area contributed by atoms with Gasteiger partial charge in [0.25, 0.3) is 0 Å². The Bertz CT molecular complexity index is 388. The van der Waals surface area contributed by atoms with Crippen molar-refractivity contribution >= 4 is 5.91 Å². The molecule has 1 aromatic carbocycles. The molecule has 1 atom stereocenters. The van der Waals surface area contributed by atoms with Crippen LogP contribution in [0.25, 0.3) is 0 Å². The van der Waals surface area contributed by atoms with Crippen LogP contribution in [0.4, 0.5) is 0 Å². The standard InChI is InChI=1S/C13H18N3O2/c14-12(10-11-4-2-1-3-5-11)13(17)15-6-8-16(18)9-7-15/h1-5,12H,6-10,14H2/q-1/t12-/m0/s1. The second-order valence-electron chi connectivity index (χ2n) is 4.55. The van der Waals surface area contributed by atoms with Crippen LogP contribution >= 0.6 is 0 Å². The second kappa shape index (κ2) is 5.95. The van der Waals surface area contributed by atoms with Crippen LogP contribution in [-0.2, 0) is 11.2 Å². The maximum Gasteiger partial charge on any atom is 0.239 e. The fourth-order valence-electron chi connectivity index (χ4n) is 2.10. The lowest BCUT2D eigenvalue weighted by Crippen LogP contribution is -2.52. The number of hydrogen-bond donors (Lipinski definition) is 1. The molecule has 1 heterocycles.